The molecule has 1 aliphatic heterocycles. The zero-order valence-corrected chi connectivity index (χ0v) is 5.73. The Hall–Kier alpha value is -0.120. The summed E-state index contributed by atoms with van der Waals surface area (Å²) in [5.74, 6) is 0.407. The van der Waals surface area contributed by atoms with E-state index in [4.69, 9.17) is 9.84 Å². The normalized spacial score (nSPS) is 51.0. The van der Waals surface area contributed by atoms with E-state index in [0.717, 1.165) is 12.8 Å². The molecule has 3 nitrogen and oxygen atoms in total. The molecule has 4 atom stereocenters. The molecule has 0 unspecified atom stereocenters. The van der Waals surface area contributed by atoms with Gasteiger partial charge in [-0.1, -0.05) is 0 Å². The molecule has 2 aliphatic rings. The lowest BCUT2D eigenvalue weighted by molar-refractivity contribution is 0.0922. The van der Waals surface area contributed by atoms with E-state index < -0.39 is 0 Å². The lowest BCUT2D eigenvalue weighted by Crippen LogP contribution is -2.11. The predicted octanol–water partition coefficient (Wildman–Crippen LogP) is -0.483. The van der Waals surface area contributed by atoms with E-state index in [1.807, 2.05) is 0 Å². The maximum Gasteiger partial charge on any atom is 0.110 e. The van der Waals surface area contributed by atoms with Crippen molar-refractivity contribution in [3.05, 3.63) is 0 Å². The van der Waals surface area contributed by atoms with Gasteiger partial charge in [0.2, 0.25) is 0 Å². The third kappa shape index (κ3) is 0.856. The molecule has 0 amide bonds. The third-order valence-corrected chi connectivity index (χ3v) is 2.45. The Kier molecular flexibility index (Phi) is 1.44. The molecule has 1 heterocycles. The molecule has 3 heteroatoms. The minimum Gasteiger partial charge on any atom is -0.396 e. The zero-order valence-electron chi connectivity index (χ0n) is 5.73. The number of aliphatic hydroxyl groups excluding tert-OH is 2. The number of ether oxygens (including phenoxy) is 1. The summed E-state index contributed by atoms with van der Waals surface area (Å²) >= 11 is 0. The first-order chi connectivity index (χ1) is 4.83. The van der Waals surface area contributed by atoms with Crippen molar-refractivity contribution in [2.24, 2.45) is 5.92 Å². The van der Waals surface area contributed by atoms with Crippen LogP contribution in [0.15, 0.2) is 0 Å². The molecule has 2 fully saturated rings. The molecule has 1 saturated carbocycles. The highest BCUT2D eigenvalue weighted by molar-refractivity contribution is 5.03. The lowest BCUT2D eigenvalue weighted by Gasteiger charge is -2.09. The van der Waals surface area contributed by atoms with Crippen molar-refractivity contribution in [1.29, 1.82) is 0 Å². The van der Waals surface area contributed by atoms with Gasteiger partial charge < -0.3 is 14.9 Å². The molecule has 58 valence electrons. The smallest absolute Gasteiger partial charge is 0.110 e. The van der Waals surface area contributed by atoms with Gasteiger partial charge in [0.1, 0.15) is 6.10 Å². The van der Waals surface area contributed by atoms with Crippen LogP contribution in [0.3, 0.4) is 0 Å². The fourth-order valence-electron chi connectivity index (χ4n) is 1.85. The van der Waals surface area contributed by atoms with Gasteiger partial charge in [-0.2, -0.15) is 0 Å². The van der Waals surface area contributed by atoms with Crippen LogP contribution in [-0.4, -0.2) is 35.1 Å². The van der Waals surface area contributed by atoms with Crippen LogP contribution in [0.5, 0.6) is 0 Å². The Balaban J connectivity index is 1.89. The number of hydrogen-bond donors (Lipinski definition) is 2. The fraction of sp³-hybridized carbons (Fsp3) is 1.00. The van der Waals surface area contributed by atoms with Crippen molar-refractivity contribution in [2.75, 3.05) is 6.61 Å². The monoisotopic (exact) mass is 144 g/mol. The van der Waals surface area contributed by atoms with Gasteiger partial charge in [-0.3, -0.25) is 0 Å². The van der Waals surface area contributed by atoms with Crippen molar-refractivity contribution in [3.8, 4) is 0 Å². The molecule has 0 radical (unpaired) electrons. The Morgan fingerprint density at radius 3 is 2.60 bits per heavy atom. The van der Waals surface area contributed by atoms with Gasteiger partial charge in [0.05, 0.1) is 12.2 Å². The minimum absolute atomic E-state index is 0.108. The topological polar surface area (TPSA) is 53.0 Å². The first-order valence-corrected chi connectivity index (χ1v) is 3.77. The summed E-state index contributed by atoms with van der Waals surface area (Å²) in [6.07, 6.45) is 1.70. The van der Waals surface area contributed by atoms with Gasteiger partial charge in [-0.25, -0.2) is 0 Å². The van der Waals surface area contributed by atoms with Crippen LogP contribution in [0.1, 0.15) is 12.8 Å². The standard InChI is InChI=1S/C7H12O3/c8-2-1-4-3-5(9)7-6(4)10-7/h4-9H,1-3H2/t4-,5+,6-,7+/m0/s1. The molecule has 10 heavy (non-hydrogen) atoms. The summed E-state index contributed by atoms with van der Waals surface area (Å²) in [7, 11) is 0. The van der Waals surface area contributed by atoms with Crippen LogP contribution < -0.4 is 0 Å². The van der Waals surface area contributed by atoms with Gasteiger partial charge in [-0.15, -0.1) is 0 Å². The molecule has 1 aliphatic carbocycles. The summed E-state index contributed by atoms with van der Waals surface area (Å²) in [5, 5.41) is 17.8. The van der Waals surface area contributed by atoms with Crippen molar-refractivity contribution in [3.63, 3.8) is 0 Å². The highest BCUT2D eigenvalue weighted by atomic mass is 16.6. The van der Waals surface area contributed by atoms with E-state index in [9.17, 15) is 5.11 Å². The molecule has 2 N–H and O–H groups in total. The largest absolute Gasteiger partial charge is 0.396 e. The molecule has 2 rings (SSSR count). The molecular weight excluding hydrogens is 132 g/mol. The highest BCUT2D eigenvalue weighted by Crippen LogP contribution is 2.44. The zero-order chi connectivity index (χ0) is 7.14. The van der Waals surface area contributed by atoms with Crippen LogP contribution in [0.2, 0.25) is 0 Å². The SMILES string of the molecule is OCC[C@H]1C[C@@H](O)[C@H]2O[C@@H]12. The number of hydrogen-bond acceptors (Lipinski definition) is 3. The first kappa shape index (κ1) is 6.58. The molecule has 0 aromatic rings. The van der Waals surface area contributed by atoms with E-state index in [-0.39, 0.29) is 24.9 Å². The Morgan fingerprint density at radius 2 is 2.20 bits per heavy atom. The van der Waals surface area contributed by atoms with Crippen LogP contribution in [-0.2, 0) is 4.74 Å². The van der Waals surface area contributed by atoms with Crippen molar-refractivity contribution < 1.29 is 14.9 Å². The minimum atomic E-state index is -0.262. The lowest BCUT2D eigenvalue weighted by atomic mass is 10.0. The van der Waals surface area contributed by atoms with E-state index in [0.29, 0.717) is 5.92 Å². The van der Waals surface area contributed by atoms with Gasteiger partial charge in [0, 0.05) is 6.61 Å². The second-order valence-electron chi connectivity index (χ2n) is 3.14. The highest BCUT2D eigenvalue weighted by Gasteiger charge is 2.55. The number of aliphatic hydroxyl groups is 2. The second-order valence-corrected chi connectivity index (χ2v) is 3.14. The number of rotatable bonds is 2. The van der Waals surface area contributed by atoms with Crippen molar-refractivity contribution >= 4 is 0 Å². The molecule has 0 bridgehead atoms. The van der Waals surface area contributed by atoms with E-state index >= 15 is 0 Å². The van der Waals surface area contributed by atoms with Crippen LogP contribution in [0, 0.1) is 5.92 Å². The maximum atomic E-state index is 9.23. The van der Waals surface area contributed by atoms with Crippen molar-refractivity contribution in [1.82, 2.24) is 0 Å². The maximum absolute atomic E-state index is 9.23. The Bertz CT molecular complexity index is 137. The first-order valence-electron chi connectivity index (χ1n) is 3.77. The molecule has 0 spiro atoms. The third-order valence-electron chi connectivity index (χ3n) is 2.45. The Morgan fingerprint density at radius 1 is 1.40 bits per heavy atom. The number of epoxide rings is 1. The quantitative estimate of drug-likeness (QED) is 0.514. The summed E-state index contributed by atoms with van der Waals surface area (Å²) in [5.41, 5.74) is 0. The Labute approximate surface area is 59.6 Å². The average molecular weight is 144 g/mol. The average Bonchev–Trinajstić information content (AvgIpc) is 2.59. The van der Waals surface area contributed by atoms with Crippen LogP contribution in [0.4, 0.5) is 0 Å². The van der Waals surface area contributed by atoms with E-state index in [1.165, 1.54) is 0 Å². The van der Waals surface area contributed by atoms with E-state index in [1.54, 1.807) is 0 Å². The fourth-order valence-corrected chi connectivity index (χ4v) is 1.85. The second kappa shape index (κ2) is 2.19. The van der Waals surface area contributed by atoms with Gasteiger partial charge in [0.25, 0.3) is 0 Å². The van der Waals surface area contributed by atoms with Crippen molar-refractivity contribution in [2.45, 2.75) is 31.2 Å². The van der Waals surface area contributed by atoms with Gasteiger partial charge >= 0.3 is 0 Å². The summed E-state index contributed by atoms with van der Waals surface area (Å²) < 4.78 is 5.17. The molecule has 1 saturated heterocycles. The molecule has 0 aromatic carbocycles. The predicted molar refractivity (Wildman–Crippen MR) is 34.5 cm³/mol. The molecular formula is C7H12O3. The van der Waals surface area contributed by atoms with Gasteiger partial charge in [0.15, 0.2) is 0 Å². The number of fused-ring (bicyclic) bond motifs is 1. The summed E-state index contributed by atoms with van der Waals surface area (Å²) in [4.78, 5) is 0. The summed E-state index contributed by atoms with van der Waals surface area (Å²) in [6, 6.07) is 0. The molecule has 0 aromatic heterocycles. The van der Waals surface area contributed by atoms with Gasteiger partial charge in [-0.05, 0) is 18.8 Å². The summed E-state index contributed by atoms with van der Waals surface area (Å²) in [6.45, 7) is 0.212. The van der Waals surface area contributed by atoms with E-state index in [2.05, 4.69) is 0 Å². The van der Waals surface area contributed by atoms with Crippen LogP contribution in [0.25, 0.3) is 0 Å². The van der Waals surface area contributed by atoms with Crippen LogP contribution >= 0.6 is 0 Å².